The van der Waals surface area contributed by atoms with E-state index in [1.165, 1.54) is 11.0 Å². The summed E-state index contributed by atoms with van der Waals surface area (Å²) in [6.07, 6.45) is 4.93. The Labute approximate surface area is 198 Å². The Morgan fingerprint density at radius 2 is 1.62 bits per heavy atom. The van der Waals surface area contributed by atoms with E-state index in [1.54, 1.807) is 12.1 Å². The van der Waals surface area contributed by atoms with Crippen molar-refractivity contribution in [1.82, 2.24) is 4.90 Å². The van der Waals surface area contributed by atoms with Crippen molar-refractivity contribution in [3.63, 3.8) is 0 Å². The first kappa shape index (κ1) is 22.3. The molecule has 2 aromatic carbocycles. The molecule has 2 aliphatic carbocycles. The lowest BCUT2D eigenvalue weighted by Crippen LogP contribution is -2.33. The summed E-state index contributed by atoms with van der Waals surface area (Å²) in [5, 5.41) is 12.1. The molecule has 2 aromatic rings. The van der Waals surface area contributed by atoms with Crippen molar-refractivity contribution in [1.29, 1.82) is 0 Å². The maximum absolute atomic E-state index is 13.2. The van der Waals surface area contributed by atoms with Crippen LogP contribution in [-0.4, -0.2) is 48.8 Å². The molecule has 0 unspecified atom stereocenters. The summed E-state index contributed by atoms with van der Waals surface area (Å²) in [5.74, 6) is -0.951. The maximum Gasteiger partial charge on any atom is 0.294 e. The van der Waals surface area contributed by atoms with Crippen molar-refractivity contribution in [2.75, 3.05) is 37.0 Å². The van der Waals surface area contributed by atoms with E-state index in [-0.39, 0.29) is 46.9 Å². The van der Waals surface area contributed by atoms with Gasteiger partial charge in [0.1, 0.15) is 5.69 Å². The highest BCUT2D eigenvalue weighted by Gasteiger charge is 2.59. The van der Waals surface area contributed by atoms with Crippen molar-refractivity contribution < 1.29 is 14.5 Å². The largest absolute Gasteiger partial charge is 0.360 e. The summed E-state index contributed by atoms with van der Waals surface area (Å²) in [4.78, 5) is 43.3. The normalized spacial score (nSPS) is 24.9. The molecule has 0 spiro atoms. The zero-order valence-corrected chi connectivity index (χ0v) is 19.3. The van der Waals surface area contributed by atoms with Crippen LogP contribution in [0.2, 0.25) is 0 Å². The Balaban J connectivity index is 1.48. The summed E-state index contributed by atoms with van der Waals surface area (Å²) < 4.78 is 0. The number of amides is 2. The quantitative estimate of drug-likeness (QED) is 0.259. The van der Waals surface area contributed by atoms with E-state index in [1.807, 2.05) is 66.4 Å². The molecule has 1 saturated heterocycles. The topological polar surface area (TPSA) is 87.0 Å². The lowest BCUT2D eigenvalue weighted by Gasteiger charge is -2.27. The van der Waals surface area contributed by atoms with Gasteiger partial charge < -0.3 is 9.80 Å². The van der Waals surface area contributed by atoms with Gasteiger partial charge in [-0.15, -0.1) is 0 Å². The molecule has 0 radical (unpaired) electrons. The molecular formula is C26H28N4O4. The van der Waals surface area contributed by atoms with Gasteiger partial charge in [-0.25, -0.2) is 4.90 Å². The standard InChI is InChI=1S/C26H28N4O4/c1-27(2)12-13-28(16-17-6-4-3-5-7-17)21-11-10-20(15-22(21)30(33)34)29-25(31)23-18-8-9-19(14-18)24(23)26(29)32/h3-11,15,18-19,23-24H,12-14,16H2,1-2H3/t18-,19-,23-,24+/m0/s1. The predicted molar refractivity (Wildman–Crippen MR) is 129 cm³/mol. The number of hydrogen-bond donors (Lipinski definition) is 0. The van der Waals surface area contributed by atoms with E-state index in [0.29, 0.717) is 25.3 Å². The molecule has 8 nitrogen and oxygen atoms in total. The van der Waals surface area contributed by atoms with Crippen LogP contribution in [0.5, 0.6) is 0 Å². The number of rotatable bonds is 8. The minimum Gasteiger partial charge on any atom is -0.360 e. The third-order valence-corrected chi connectivity index (χ3v) is 7.26. The number of nitrogens with zero attached hydrogens (tertiary/aromatic N) is 4. The van der Waals surface area contributed by atoms with E-state index in [0.717, 1.165) is 12.0 Å². The fourth-order valence-electron chi connectivity index (χ4n) is 5.63. The van der Waals surface area contributed by atoms with Crippen LogP contribution < -0.4 is 9.80 Å². The first-order valence-electron chi connectivity index (χ1n) is 11.6. The van der Waals surface area contributed by atoms with Crippen molar-refractivity contribution in [2.24, 2.45) is 23.7 Å². The number of carbonyl (C=O) groups is 2. The van der Waals surface area contributed by atoms with Gasteiger partial charge in [-0.2, -0.15) is 0 Å². The van der Waals surface area contributed by atoms with E-state index in [9.17, 15) is 19.7 Å². The van der Waals surface area contributed by atoms with Gasteiger partial charge in [-0.05, 0) is 50.0 Å². The molecule has 5 rings (SSSR count). The van der Waals surface area contributed by atoms with Gasteiger partial charge in [-0.1, -0.05) is 42.5 Å². The number of allylic oxidation sites excluding steroid dienone is 2. The SMILES string of the molecule is CN(C)CCN(Cc1ccccc1)c1ccc(N2C(=O)[C@@H]3[C@H](C2=O)[C@H]2C=C[C@H]3C2)cc1[N+](=O)[O-]. The molecule has 0 N–H and O–H groups in total. The van der Waals surface area contributed by atoms with Gasteiger partial charge in [0.25, 0.3) is 5.69 Å². The number of fused-ring (bicyclic) bond motifs is 5. The second-order valence-electron chi connectivity index (χ2n) is 9.65. The van der Waals surface area contributed by atoms with E-state index >= 15 is 0 Å². The van der Waals surface area contributed by atoms with Crippen LogP contribution in [0.4, 0.5) is 17.1 Å². The number of carbonyl (C=O) groups excluding carboxylic acids is 2. The number of imide groups is 1. The molecule has 3 aliphatic rings. The second kappa shape index (κ2) is 8.68. The molecule has 176 valence electrons. The highest BCUT2D eigenvalue weighted by atomic mass is 16.6. The van der Waals surface area contributed by atoms with Gasteiger partial charge in [0.15, 0.2) is 0 Å². The highest BCUT2D eigenvalue weighted by Crippen LogP contribution is 2.53. The molecule has 4 atom stereocenters. The van der Waals surface area contributed by atoms with Crippen LogP contribution in [0.15, 0.2) is 60.7 Å². The second-order valence-corrected chi connectivity index (χ2v) is 9.65. The van der Waals surface area contributed by atoms with Crippen molar-refractivity contribution in [3.05, 3.63) is 76.4 Å². The molecular weight excluding hydrogens is 432 g/mol. The van der Waals surface area contributed by atoms with Gasteiger partial charge in [0, 0.05) is 25.7 Å². The summed E-state index contributed by atoms with van der Waals surface area (Å²) >= 11 is 0. The van der Waals surface area contributed by atoms with Crippen LogP contribution in [0.3, 0.4) is 0 Å². The summed E-state index contributed by atoms with van der Waals surface area (Å²) in [6, 6.07) is 14.5. The van der Waals surface area contributed by atoms with Crippen LogP contribution in [0.25, 0.3) is 0 Å². The highest BCUT2D eigenvalue weighted by molar-refractivity contribution is 6.23. The van der Waals surface area contributed by atoms with Crippen LogP contribution in [0, 0.1) is 33.8 Å². The third-order valence-electron chi connectivity index (χ3n) is 7.26. The zero-order valence-electron chi connectivity index (χ0n) is 19.3. The Morgan fingerprint density at radius 1 is 0.971 bits per heavy atom. The smallest absolute Gasteiger partial charge is 0.294 e. The Morgan fingerprint density at radius 3 is 2.21 bits per heavy atom. The summed E-state index contributed by atoms with van der Waals surface area (Å²) in [6.45, 7) is 1.81. The van der Waals surface area contributed by atoms with E-state index in [2.05, 4.69) is 0 Å². The van der Waals surface area contributed by atoms with E-state index < -0.39 is 4.92 Å². The van der Waals surface area contributed by atoms with E-state index in [4.69, 9.17) is 0 Å². The number of benzene rings is 2. The Bertz CT molecular complexity index is 1130. The fraction of sp³-hybridized carbons (Fsp3) is 0.385. The molecule has 0 aromatic heterocycles. The lowest BCUT2D eigenvalue weighted by atomic mass is 9.85. The number of nitro benzene ring substituents is 1. The van der Waals surface area contributed by atoms with Crippen LogP contribution in [0.1, 0.15) is 12.0 Å². The molecule has 2 fully saturated rings. The van der Waals surface area contributed by atoms with Gasteiger partial charge >= 0.3 is 0 Å². The Kier molecular flexibility index (Phi) is 5.69. The zero-order chi connectivity index (χ0) is 24.0. The Hall–Kier alpha value is -3.52. The average Bonchev–Trinajstić information content (AvgIpc) is 3.50. The van der Waals surface area contributed by atoms with Crippen molar-refractivity contribution in [3.8, 4) is 0 Å². The van der Waals surface area contributed by atoms with Crippen molar-refractivity contribution in [2.45, 2.75) is 13.0 Å². The number of likely N-dealkylation sites (N-methyl/N-ethyl adjacent to an activating group) is 1. The van der Waals surface area contributed by atoms with Gasteiger partial charge in [-0.3, -0.25) is 19.7 Å². The van der Waals surface area contributed by atoms with Gasteiger partial charge in [0.2, 0.25) is 11.8 Å². The van der Waals surface area contributed by atoms with Crippen LogP contribution in [-0.2, 0) is 16.1 Å². The first-order chi connectivity index (χ1) is 16.3. The minimum atomic E-state index is -0.427. The number of anilines is 2. The molecule has 2 amide bonds. The molecule has 1 aliphatic heterocycles. The van der Waals surface area contributed by atoms with Crippen LogP contribution >= 0.6 is 0 Å². The number of nitro groups is 1. The molecule has 8 heteroatoms. The fourth-order valence-corrected chi connectivity index (χ4v) is 5.63. The summed E-state index contributed by atoms with van der Waals surface area (Å²) in [5.41, 5.74) is 1.69. The first-order valence-corrected chi connectivity index (χ1v) is 11.6. The molecule has 2 bridgehead atoms. The van der Waals surface area contributed by atoms with Crippen molar-refractivity contribution >= 4 is 28.9 Å². The third kappa shape index (κ3) is 3.77. The molecule has 1 saturated carbocycles. The lowest BCUT2D eigenvalue weighted by molar-refractivity contribution is -0.384. The minimum absolute atomic E-state index is 0.0955. The predicted octanol–water partition coefficient (Wildman–Crippen LogP) is 3.47. The molecule has 1 heterocycles. The number of hydrogen-bond acceptors (Lipinski definition) is 6. The average molecular weight is 461 g/mol. The monoisotopic (exact) mass is 460 g/mol. The maximum atomic E-state index is 13.2. The molecule has 34 heavy (non-hydrogen) atoms. The van der Waals surface area contributed by atoms with Gasteiger partial charge in [0.05, 0.1) is 22.4 Å². The summed E-state index contributed by atoms with van der Waals surface area (Å²) in [7, 11) is 3.92.